The predicted octanol–water partition coefficient (Wildman–Crippen LogP) is 10.6. The lowest BCUT2D eigenvalue weighted by Gasteiger charge is -2.41. The molecule has 1 fully saturated rings. The average Bonchev–Trinajstić information content (AvgIpc) is 3.26. The Kier molecular flexibility index (Phi) is 37.7. The summed E-state index contributed by atoms with van der Waals surface area (Å²) in [6.45, 7) is 4.19. The van der Waals surface area contributed by atoms with E-state index in [2.05, 4.69) is 50.3 Å². The minimum absolute atomic E-state index is 0.0823. The molecule has 0 saturated heterocycles. The zero-order chi connectivity index (χ0) is 45.5. The first kappa shape index (κ1) is 58.6. The Labute approximate surface area is 376 Å². The number of hydrogen-bond donors (Lipinski definition) is 6. The number of ether oxygens (including phenoxy) is 2. The van der Waals surface area contributed by atoms with Crippen molar-refractivity contribution in [3.8, 4) is 0 Å². The molecular weight excluding hydrogens is 812 g/mol. The molecule has 12 nitrogen and oxygen atoms in total. The number of allylic oxidation sites excluding steroid dienone is 6. The van der Waals surface area contributed by atoms with Gasteiger partial charge in [-0.25, -0.2) is 4.57 Å². The van der Waals surface area contributed by atoms with Crippen LogP contribution in [-0.2, 0) is 27.9 Å². The Morgan fingerprint density at radius 2 is 0.935 bits per heavy atom. The molecule has 6 unspecified atom stereocenters. The van der Waals surface area contributed by atoms with Gasteiger partial charge in [-0.2, -0.15) is 0 Å². The summed E-state index contributed by atoms with van der Waals surface area (Å²) in [7, 11) is -5.02. The second kappa shape index (κ2) is 39.9. The summed E-state index contributed by atoms with van der Waals surface area (Å²) >= 11 is 0. The standard InChI is InChI=1S/C49H91O12P/c1-3-5-7-9-11-13-15-17-18-19-20-21-22-23-24-25-27-29-31-33-35-37-39-58-40-42(41-59-62(56,57)61-49-47(54)45(52)44(51)46(53)48(49)55)60-43(50)38-36-34-32-30-28-26-16-14-12-10-8-6-4-2/h8,10,14,16,19-20,42,44-49,51-55H,3-7,9,11-13,15,17-18,21-41H2,1-2H3,(H,56,57)/b10-8-,16-14-,20-19-. The van der Waals surface area contributed by atoms with Crippen molar-refractivity contribution in [2.75, 3.05) is 19.8 Å². The molecule has 13 heteroatoms. The third-order valence-corrected chi connectivity index (χ3v) is 12.5. The van der Waals surface area contributed by atoms with Gasteiger partial charge in [0, 0.05) is 13.0 Å². The second-order valence-electron chi connectivity index (χ2n) is 17.3. The number of phosphoric ester groups is 1. The number of phosphoric acid groups is 1. The quantitative estimate of drug-likeness (QED) is 0.0147. The largest absolute Gasteiger partial charge is 0.472 e. The molecule has 1 saturated carbocycles. The number of esters is 1. The zero-order valence-electron chi connectivity index (χ0n) is 38.9. The molecule has 0 radical (unpaired) electrons. The predicted molar refractivity (Wildman–Crippen MR) is 249 cm³/mol. The monoisotopic (exact) mass is 903 g/mol. The number of hydrogen-bond acceptors (Lipinski definition) is 11. The maximum absolute atomic E-state index is 12.8. The topological polar surface area (TPSA) is 192 Å². The second-order valence-corrected chi connectivity index (χ2v) is 18.7. The SMILES string of the molecule is CCC/C=C\C/C=C\CCCCCCCC(=O)OC(COCCCCCCCCCCCC/C=C\CCCCCCCCCC)COP(=O)(O)OC1C(O)C(O)C(O)C(O)C1O. The van der Waals surface area contributed by atoms with Gasteiger partial charge in [-0.3, -0.25) is 13.8 Å². The molecule has 0 aromatic rings. The first-order valence-electron chi connectivity index (χ1n) is 24.8. The van der Waals surface area contributed by atoms with Crippen LogP contribution in [0.4, 0.5) is 0 Å². The molecule has 0 bridgehead atoms. The molecule has 0 spiro atoms. The summed E-state index contributed by atoms with van der Waals surface area (Å²) in [5.41, 5.74) is 0. The number of aliphatic hydroxyl groups excluding tert-OH is 5. The van der Waals surface area contributed by atoms with Crippen LogP contribution in [0.1, 0.15) is 206 Å². The van der Waals surface area contributed by atoms with Crippen LogP contribution in [0.25, 0.3) is 0 Å². The normalized spacial score (nSPS) is 22.3. The maximum Gasteiger partial charge on any atom is 0.472 e. The van der Waals surface area contributed by atoms with Gasteiger partial charge < -0.3 is 39.9 Å². The molecule has 1 rings (SSSR count). The van der Waals surface area contributed by atoms with E-state index in [4.69, 9.17) is 18.5 Å². The summed E-state index contributed by atoms with van der Waals surface area (Å²) in [5.74, 6) is -0.491. The van der Waals surface area contributed by atoms with E-state index in [0.29, 0.717) is 13.0 Å². The molecule has 6 N–H and O–H groups in total. The summed E-state index contributed by atoms with van der Waals surface area (Å²) in [5, 5.41) is 50.2. The van der Waals surface area contributed by atoms with Crippen LogP contribution in [0.5, 0.6) is 0 Å². The van der Waals surface area contributed by atoms with Crippen LogP contribution in [0.15, 0.2) is 36.5 Å². The van der Waals surface area contributed by atoms with E-state index in [9.17, 15) is 39.8 Å². The smallest absolute Gasteiger partial charge is 0.457 e. The van der Waals surface area contributed by atoms with Crippen LogP contribution >= 0.6 is 7.82 Å². The molecule has 6 atom stereocenters. The Morgan fingerprint density at radius 1 is 0.516 bits per heavy atom. The lowest BCUT2D eigenvalue weighted by molar-refractivity contribution is -0.220. The van der Waals surface area contributed by atoms with E-state index in [1.54, 1.807) is 0 Å². The third kappa shape index (κ3) is 31.4. The molecule has 364 valence electrons. The highest BCUT2D eigenvalue weighted by Gasteiger charge is 2.51. The molecule has 0 aromatic carbocycles. The van der Waals surface area contributed by atoms with Crippen molar-refractivity contribution in [2.24, 2.45) is 0 Å². The van der Waals surface area contributed by atoms with Crippen molar-refractivity contribution in [1.82, 2.24) is 0 Å². The van der Waals surface area contributed by atoms with Crippen molar-refractivity contribution in [1.29, 1.82) is 0 Å². The number of aliphatic hydroxyl groups is 5. The first-order chi connectivity index (χ1) is 30.0. The summed E-state index contributed by atoms with van der Waals surface area (Å²) in [6, 6.07) is 0. The van der Waals surface area contributed by atoms with Gasteiger partial charge in [-0.15, -0.1) is 0 Å². The fourth-order valence-electron chi connectivity index (χ4n) is 7.51. The lowest BCUT2D eigenvalue weighted by Crippen LogP contribution is -2.64. The van der Waals surface area contributed by atoms with E-state index >= 15 is 0 Å². The van der Waals surface area contributed by atoms with Crippen LogP contribution in [0.3, 0.4) is 0 Å². The number of carbonyl (C=O) groups is 1. The van der Waals surface area contributed by atoms with Gasteiger partial charge in [-0.1, -0.05) is 172 Å². The molecule has 0 amide bonds. The maximum atomic E-state index is 12.8. The van der Waals surface area contributed by atoms with Crippen molar-refractivity contribution in [3.05, 3.63) is 36.5 Å². The van der Waals surface area contributed by atoms with Crippen molar-refractivity contribution >= 4 is 13.8 Å². The van der Waals surface area contributed by atoms with Gasteiger partial charge in [0.15, 0.2) is 0 Å². The van der Waals surface area contributed by atoms with E-state index in [1.807, 2.05) is 0 Å². The van der Waals surface area contributed by atoms with Gasteiger partial charge in [0.05, 0.1) is 13.2 Å². The Hall–Kier alpha value is -1.44. The van der Waals surface area contributed by atoms with Crippen molar-refractivity contribution < 1.29 is 58.3 Å². The third-order valence-electron chi connectivity index (χ3n) is 11.5. The fourth-order valence-corrected chi connectivity index (χ4v) is 8.48. The number of carbonyl (C=O) groups excluding carboxylic acids is 1. The summed E-state index contributed by atoms with van der Waals surface area (Å²) in [6.07, 6.45) is 35.1. The summed E-state index contributed by atoms with van der Waals surface area (Å²) < 4.78 is 34.2. The fraction of sp³-hybridized carbons (Fsp3) is 0.857. The lowest BCUT2D eigenvalue weighted by atomic mass is 9.85. The van der Waals surface area contributed by atoms with Gasteiger partial charge in [0.25, 0.3) is 0 Å². The molecular formula is C49H91O12P. The average molecular weight is 903 g/mol. The highest BCUT2D eigenvalue weighted by atomic mass is 31.2. The van der Waals surface area contributed by atoms with Gasteiger partial charge in [0.1, 0.15) is 42.7 Å². The zero-order valence-corrected chi connectivity index (χ0v) is 39.8. The molecule has 0 heterocycles. The van der Waals surface area contributed by atoms with Crippen LogP contribution in [0.2, 0.25) is 0 Å². The first-order valence-corrected chi connectivity index (χ1v) is 26.3. The molecule has 62 heavy (non-hydrogen) atoms. The number of rotatable bonds is 42. The molecule has 0 aromatic heterocycles. The van der Waals surface area contributed by atoms with Gasteiger partial charge in [-0.05, 0) is 64.2 Å². The highest BCUT2D eigenvalue weighted by Crippen LogP contribution is 2.47. The molecule has 0 aliphatic heterocycles. The number of unbranched alkanes of at least 4 members (excludes halogenated alkanes) is 24. The van der Waals surface area contributed by atoms with Crippen molar-refractivity contribution in [3.63, 3.8) is 0 Å². The highest BCUT2D eigenvalue weighted by molar-refractivity contribution is 7.47. The van der Waals surface area contributed by atoms with Gasteiger partial charge >= 0.3 is 13.8 Å². The molecule has 1 aliphatic carbocycles. The Balaban J connectivity index is 2.32. The molecule has 1 aliphatic rings. The van der Waals surface area contributed by atoms with E-state index < -0.39 is 63.1 Å². The minimum atomic E-state index is -5.02. The van der Waals surface area contributed by atoms with Crippen LogP contribution in [-0.4, -0.2) is 98.9 Å². The van der Waals surface area contributed by atoms with E-state index in [0.717, 1.165) is 70.6 Å². The van der Waals surface area contributed by atoms with Gasteiger partial charge in [0.2, 0.25) is 0 Å². The van der Waals surface area contributed by atoms with E-state index in [-0.39, 0.29) is 13.0 Å². The summed E-state index contributed by atoms with van der Waals surface area (Å²) in [4.78, 5) is 23.2. The minimum Gasteiger partial charge on any atom is -0.457 e. The van der Waals surface area contributed by atoms with E-state index in [1.165, 1.54) is 109 Å². The Bertz CT molecular complexity index is 1170. The van der Waals surface area contributed by atoms with Crippen LogP contribution in [0, 0.1) is 0 Å². The van der Waals surface area contributed by atoms with Crippen molar-refractivity contribution in [2.45, 2.75) is 249 Å². The van der Waals surface area contributed by atoms with Crippen LogP contribution < -0.4 is 0 Å². The Morgan fingerprint density at radius 3 is 1.44 bits per heavy atom.